The van der Waals surface area contributed by atoms with Crippen LogP contribution >= 0.6 is 0 Å². The molecule has 0 bridgehead atoms. The largest absolute Gasteiger partial charge is 0.448 e. The molecular weight excluding hydrogens is 256 g/mol. The Balaban J connectivity index is 2.60. The van der Waals surface area contributed by atoms with Crippen LogP contribution in [0.3, 0.4) is 0 Å². The number of amides is 2. The second kappa shape index (κ2) is 6.78. The Morgan fingerprint density at radius 1 is 1.37 bits per heavy atom. The van der Waals surface area contributed by atoms with Crippen LogP contribution in [0.4, 0.5) is 4.79 Å². The van der Waals surface area contributed by atoms with E-state index in [1.54, 1.807) is 0 Å². The van der Waals surface area contributed by atoms with Crippen molar-refractivity contribution in [2.45, 2.75) is 12.8 Å². The highest BCUT2D eigenvalue weighted by atomic mass is 16.5. The molecule has 9 heteroatoms. The van der Waals surface area contributed by atoms with E-state index >= 15 is 0 Å². The molecule has 1 heterocycles. The number of oxime groups is 1. The number of rotatable bonds is 5. The number of carbonyl (C=O) groups is 2. The predicted molar refractivity (Wildman–Crippen MR) is 64.4 cm³/mol. The van der Waals surface area contributed by atoms with Gasteiger partial charge in [-0.25, -0.2) is 4.79 Å². The monoisotopic (exact) mass is 274 g/mol. The van der Waals surface area contributed by atoms with Gasteiger partial charge in [-0.2, -0.15) is 0 Å². The molecule has 2 amide bonds. The summed E-state index contributed by atoms with van der Waals surface area (Å²) in [6, 6.07) is 0. The van der Waals surface area contributed by atoms with E-state index in [9.17, 15) is 9.59 Å². The molecule has 1 aliphatic rings. The van der Waals surface area contributed by atoms with Crippen molar-refractivity contribution in [1.29, 1.82) is 0 Å². The molecule has 1 rings (SSSR count). The van der Waals surface area contributed by atoms with E-state index in [2.05, 4.69) is 15.2 Å². The summed E-state index contributed by atoms with van der Waals surface area (Å²) in [5.74, 6) is -0.539. The number of nitrogens with zero attached hydrogens (tertiary/aromatic N) is 1. The van der Waals surface area contributed by atoms with Crippen LogP contribution in [0.2, 0.25) is 0 Å². The summed E-state index contributed by atoms with van der Waals surface area (Å²) in [5.41, 5.74) is 9.32. The minimum absolute atomic E-state index is 0.0379. The Morgan fingerprint density at radius 3 is 2.53 bits per heavy atom. The zero-order valence-electron chi connectivity index (χ0n) is 10.4. The molecule has 1 saturated heterocycles. The number of primary amides is 1. The van der Waals surface area contributed by atoms with Crippen LogP contribution in [0.15, 0.2) is 5.16 Å². The van der Waals surface area contributed by atoms with Crippen LogP contribution in [0.5, 0.6) is 0 Å². The number of carbonyl (C=O) groups excluding carboxylic acids is 2. The fraction of sp³-hybridized carbons (Fsp3) is 0.700. The zero-order chi connectivity index (χ0) is 14.3. The van der Waals surface area contributed by atoms with Crippen molar-refractivity contribution in [3.63, 3.8) is 0 Å². The molecule has 0 radical (unpaired) electrons. The van der Waals surface area contributed by atoms with Crippen molar-refractivity contribution in [2.24, 2.45) is 22.0 Å². The van der Waals surface area contributed by atoms with Gasteiger partial charge in [-0.15, -0.1) is 0 Å². The average Bonchev–Trinajstić information content (AvgIpc) is 2.42. The van der Waals surface area contributed by atoms with Gasteiger partial charge in [0.25, 0.3) is 0 Å². The van der Waals surface area contributed by atoms with Crippen molar-refractivity contribution in [1.82, 2.24) is 5.32 Å². The molecule has 0 aliphatic carbocycles. The topological polar surface area (TPSA) is 149 Å². The third kappa shape index (κ3) is 3.71. The predicted octanol–water partition coefficient (Wildman–Crippen LogP) is -1.26. The first-order valence-corrected chi connectivity index (χ1v) is 5.79. The Bertz CT molecular complexity index is 365. The molecule has 1 fully saturated rings. The van der Waals surface area contributed by atoms with Gasteiger partial charge in [0.1, 0.15) is 12.0 Å². The fourth-order valence-electron chi connectivity index (χ4n) is 1.90. The highest BCUT2D eigenvalue weighted by molar-refractivity contribution is 6.06. The molecule has 19 heavy (non-hydrogen) atoms. The van der Waals surface area contributed by atoms with Gasteiger partial charge in [-0.1, -0.05) is 5.16 Å². The van der Waals surface area contributed by atoms with Crippen molar-refractivity contribution < 1.29 is 24.3 Å². The van der Waals surface area contributed by atoms with E-state index in [4.69, 9.17) is 21.4 Å². The molecule has 0 spiro atoms. The summed E-state index contributed by atoms with van der Waals surface area (Å²) >= 11 is 0. The summed E-state index contributed by atoms with van der Waals surface area (Å²) < 4.78 is 9.66. The lowest BCUT2D eigenvalue weighted by Crippen LogP contribution is -2.53. The summed E-state index contributed by atoms with van der Waals surface area (Å²) in [6.07, 6.45) is -0.261. The minimum Gasteiger partial charge on any atom is -0.448 e. The number of amidine groups is 1. The van der Waals surface area contributed by atoms with E-state index in [-0.39, 0.29) is 24.9 Å². The maximum atomic E-state index is 12.2. The Morgan fingerprint density at radius 2 is 2.00 bits per heavy atom. The van der Waals surface area contributed by atoms with Gasteiger partial charge in [0.05, 0.1) is 6.54 Å². The smallest absolute Gasteiger partial charge is 0.404 e. The van der Waals surface area contributed by atoms with Crippen LogP contribution in [-0.2, 0) is 14.3 Å². The highest BCUT2D eigenvalue weighted by Gasteiger charge is 2.44. The minimum atomic E-state index is -1.08. The number of ether oxygens (including phenoxy) is 2. The van der Waals surface area contributed by atoms with Gasteiger partial charge in [0.15, 0.2) is 5.84 Å². The lowest BCUT2D eigenvalue weighted by molar-refractivity contribution is -0.131. The van der Waals surface area contributed by atoms with E-state index in [1.165, 1.54) is 0 Å². The molecule has 0 aromatic carbocycles. The second-order valence-corrected chi connectivity index (χ2v) is 4.10. The van der Waals surface area contributed by atoms with Crippen LogP contribution in [0.1, 0.15) is 12.8 Å². The third-order valence-corrected chi connectivity index (χ3v) is 3.01. The number of hydrogen-bond acceptors (Lipinski definition) is 6. The van der Waals surface area contributed by atoms with E-state index in [0.29, 0.717) is 26.1 Å². The van der Waals surface area contributed by atoms with Crippen LogP contribution in [0, 0.1) is 5.41 Å². The first-order valence-electron chi connectivity index (χ1n) is 5.79. The average molecular weight is 274 g/mol. The fourth-order valence-corrected chi connectivity index (χ4v) is 1.90. The second-order valence-electron chi connectivity index (χ2n) is 4.10. The summed E-state index contributed by atoms with van der Waals surface area (Å²) in [7, 11) is 0. The number of hydrogen-bond donors (Lipinski definition) is 4. The molecule has 1 aliphatic heterocycles. The SMILES string of the molecule is NC(=O)OCCNC(=O)C1(C(N)=NO)CCOCC1. The molecular formula is C10H18N4O5. The number of nitrogens with two attached hydrogens (primary N) is 2. The molecule has 6 N–H and O–H groups in total. The maximum absolute atomic E-state index is 12.2. The normalized spacial score (nSPS) is 18.6. The van der Waals surface area contributed by atoms with E-state index in [1.807, 2.05) is 0 Å². The van der Waals surface area contributed by atoms with Crippen molar-refractivity contribution in [3.8, 4) is 0 Å². The highest BCUT2D eigenvalue weighted by Crippen LogP contribution is 2.31. The van der Waals surface area contributed by atoms with Crippen LogP contribution < -0.4 is 16.8 Å². The van der Waals surface area contributed by atoms with Crippen LogP contribution in [0.25, 0.3) is 0 Å². The van der Waals surface area contributed by atoms with E-state index in [0.717, 1.165) is 0 Å². The van der Waals surface area contributed by atoms with Crippen LogP contribution in [-0.4, -0.2) is 49.4 Å². The maximum Gasteiger partial charge on any atom is 0.404 e. The molecule has 0 saturated carbocycles. The summed E-state index contributed by atoms with van der Waals surface area (Å²) in [5, 5.41) is 14.3. The first-order chi connectivity index (χ1) is 9.03. The lowest BCUT2D eigenvalue weighted by Gasteiger charge is -2.34. The Kier molecular flexibility index (Phi) is 5.37. The standard InChI is InChI=1S/C10H18N4O5/c11-7(14-17)10(1-4-18-5-2-10)8(15)13-3-6-19-9(12)16/h17H,1-6H2,(H2,11,14)(H2,12,16)(H,13,15). The van der Waals surface area contributed by atoms with Gasteiger partial charge in [0, 0.05) is 13.2 Å². The molecule has 0 unspecified atom stereocenters. The first kappa shape index (κ1) is 15.0. The molecule has 0 atom stereocenters. The molecule has 0 aromatic rings. The van der Waals surface area contributed by atoms with Gasteiger partial charge in [-0.05, 0) is 12.8 Å². The van der Waals surface area contributed by atoms with Crippen molar-refractivity contribution in [2.75, 3.05) is 26.4 Å². The molecule has 9 nitrogen and oxygen atoms in total. The van der Waals surface area contributed by atoms with Gasteiger partial charge >= 0.3 is 6.09 Å². The molecule has 108 valence electrons. The van der Waals surface area contributed by atoms with Gasteiger partial charge in [0.2, 0.25) is 5.91 Å². The molecule has 0 aromatic heterocycles. The summed E-state index contributed by atoms with van der Waals surface area (Å²) in [4.78, 5) is 22.5. The third-order valence-electron chi connectivity index (χ3n) is 3.01. The lowest BCUT2D eigenvalue weighted by atomic mass is 9.78. The summed E-state index contributed by atoms with van der Waals surface area (Å²) in [6.45, 7) is 0.760. The van der Waals surface area contributed by atoms with Crippen molar-refractivity contribution in [3.05, 3.63) is 0 Å². The Labute approximate surface area is 109 Å². The Hall–Kier alpha value is -2.03. The van der Waals surface area contributed by atoms with Gasteiger partial charge in [-0.3, -0.25) is 4.79 Å². The van der Waals surface area contributed by atoms with Gasteiger partial charge < -0.3 is 31.5 Å². The number of nitrogens with one attached hydrogen (secondary N) is 1. The quantitative estimate of drug-likeness (QED) is 0.162. The van der Waals surface area contributed by atoms with E-state index < -0.39 is 11.5 Å². The van der Waals surface area contributed by atoms with Crippen molar-refractivity contribution >= 4 is 17.8 Å². The zero-order valence-corrected chi connectivity index (χ0v) is 10.4.